The molecule has 3 heteroatoms. The Morgan fingerprint density at radius 2 is 1.48 bits per heavy atom. The van der Waals surface area contributed by atoms with Gasteiger partial charge in [-0.1, -0.05) is 80.1 Å². The van der Waals surface area contributed by atoms with Gasteiger partial charge in [0.1, 0.15) is 0 Å². The van der Waals surface area contributed by atoms with E-state index in [-0.39, 0.29) is 0 Å². The Hall–Kier alpha value is -2.78. The third-order valence-corrected chi connectivity index (χ3v) is 5.52. The SMILES string of the molecule is CCCCN(Cc1ccc2c(c1)OCO2)CC(c1ccccc1)c1ccccc1. The van der Waals surface area contributed by atoms with E-state index in [1.165, 1.54) is 29.5 Å². The zero-order chi connectivity index (χ0) is 19.9. The Morgan fingerprint density at radius 3 is 2.14 bits per heavy atom. The third-order valence-electron chi connectivity index (χ3n) is 5.52. The van der Waals surface area contributed by atoms with Gasteiger partial charge in [0.05, 0.1) is 0 Å². The maximum absolute atomic E-state index is 5.58. The molecule has 0 atom stereocenters. The minimum atomic E-state index is 0.322. The van der Waals surface area contributed by atoms with Crippen LogP contribution in [0.15, 0.2) is 78.9 Å². The van der Waals surface area contributed by atoms with Crippen molar-refractivity contribution in [1.82, 2.24) is 4.90 Å². The van der Waals surface area contributed by atoms with Crippen molar-refractivity contribution in [2.45, 2.75) is 32.2 Å². The van der Waals surface area contributed by atoms with Crippen LogP contribution >= 0.6 is 0 Å². The standard InChI is InChI=1S/C26H29NO2/c1-2-3-16-27(18-21-14-15-25-26(17-21)29-20-28-25)19-24(22-10-6-4-7-11-22)23-12-8-5-9-13-23/h4-15,17,24H,2-3,16,18-20H2,1H3. The molecular weight excluding hydrogens is 358 g/mol. The van der Waals surface area contributed by atoms with Crippen LogP contribution in [-0.2, 0) is 6.54 Å². The number of nitrogens with zero attached hydrogens (tertiary/aromatic N) is 1. The lowest BCUT2D eigenvalue weighted by Gasteiger charge is -2.28. The van der Waals surface area contributed by atoms with E-state index < -0.39 is 0 Å². The molecule has 0 aromatic heterocycles. The van der Waals surface area contributed by atoms with Crippen molar-refractivity contribution >= 4 is 0 Å². The first kappa shape index (κ1) is 19.5. The monoisotopic (exact) mass is 387 g/mol. The molecule has 3 nitrogen and oxygen atoms in total. The maximum atomic E-state index is 5.58. The van der Waals surface area contributed by atoms with Gasteiger partial charge in [-0.25, -0.2) is 0 Å². The van der Waals surface area contributed by atoms with Crippen molar-refractivity contribution in [2.24, 2.45) is 0 Å². The maximum Gasteiger partial charge on any atom is 0.231 e. The largest absolute Gasteiger partial charge is 0.454 e. The van der Waals surface area contributed by atoms with Gasteiger partial charge >= 0.3 is 0 Å². The summed E-state index contributed by atoms with van der Waals surface area (Å²) in [5.74, 6) is 2.06. The number of rotatable bonds is 9. The van der Waals surface area contributed by atoms with Crippen molar-refractivity contribution in [3.05, 3.63) is 95.6 Å². The molecule has 0 N–H and O–H groups in total. The predicted octanol–water partition coefficient (Wildman–Crippen LogP) is 5.85. The Balaban J connectivity index is 1.57. The fraction of sp³-hybridized carbons (Fsp3) is 0.308. The van der Waals surface area contributed by atoms with Gasteiger partial charge in [0.25, 0.3) is 0 Å². The first-order chi connectivity index (χ1) is 14.3. The molecule has 0 fully saturated rings. The van der Waals surface area contributed by atoms with Crippen molar-refractivity contribution in [1.29, 1.82) is 0 Å². The molecule has 0 radical (unpaired) electrons. The van der Waals surface area contributed by atoms with Crippen LogP contribution in [0.4, 0.5) is 0 Å². The summed E-state index contributed by atoms with van der Waals surface area (Å²) in [4.78, 5) is 2.58. The van der Waals surface area contributed by atoms with Gasteiger partial charge in [-0.05, 0) is 41.8 Å². The molecule has 0 saturated heterocycles. The van der Waals surface area contributed by atoms with E-state index in [1.807, 2.05) is 6.07 Å². The van der Waals surface area contributed by atoms with Crippen molar-refractivity contribution in [3.8, 4) is 11.5 Å². The number of hydrogen-bond acceptors (Lipinski definition) is 3. The number of fused-ring (bicyclic) bond motifs is 1. The smallest absolute Gasteiger partial charge is 0.231 e. The van der Waals surface area contributed by atoms with E-state index >= 15 is 0 Å². The minimum Gasteiger partial charge on any atom is -0.454 e. The highest BCUT2D eigenvalue weighted by molar-refractivity contribution is 5.44. The van der Waals surface area contributed by atoms with Gasteiger partial charge in [-0.3, -0.25) is 4.90 Å². The summed E-state index contributed by atoms with van der Waals surface area (Å²) < 4.78 is 11.0. The predicted molar refractivity (Wildman–Crippen MR) is 117 cm³/mol. The molecule has 0 bridgehead atoms. The number of ether oxygens (including phenoxy) is 2. The van der Waals surface area contributed by atoms with E-state index in [0.29, 0.717) is 12.7 Å². The molecule has 150 valence electrons. The lowest BCUT2D eigenvalue weighted by atomic mass is 9.90. The lowest BCUT2D eigenvalue weighted by molar-refractivity contribution is 0.174. The zero-order valence-corrected chi connectivity index (χ0v) is 17.1. The summed E-state index contributed by atoms with van der Waals surface area (Å²) >= 11 is 0. The summed E-state index contributed by atoms with van der Waals surface area (Å²) in [5.41, 5.74) is 4.00. The van der Waals surface area contributed by atoms with E-state index in [9.17, 15) is 0 Å². The fourth-order valence-electron chi connectivity index (χ4n) is 3.95. The molecule has 0 aliphatic carbocycles. The Morgan fingerprint density at radius 1 is 0.828 bits per heavy atom. The normalized spacial score (nSPS) is 12.7. The average Bonchev–Trinajstić information content (AvgIpc) is 3.24. The van der Waals surface area contributed by atoms with Crippen LogP contribution < -0.4 is 9.47 Å². The first-order valence-electron chi connectivity index (χ1n) is 10.5. The van der Waals surface area contributed by atoms with Crippen LogP contribution in [0.3, 0.4) is 0 Å². The summed E-state index contributed by atoms with van der Waals surface area (Å²) in [6.45, 7) is 5.56. The molecule has 3 aromatic carbocycles. The molecule has 1 aliphatic rings. The second-order valence-electron chi connectivity index (χ2n) is 7.65. The average molecular weight is 388 g/mol. The van der Waals surface area contributed by atoms with Gasteiger partial charge in [0.2, 0.25) is 6.79 Å². The highest BCUT2D eigenvalue weighted by Gasteiger charge is 2.20. The zero-order valence-electron chi connectivity index (χ0n) is 17.1. The quantitative estimate of drug-likeness (QED) is 0.460. The molecular formula is C26H29NO2. The summed E-state index contributed by atoms with van der Waals surface area (Å²) in [6, 6.07) is 28.0. The molecule has 4 rings (SSSR count). The molecule has 1 aliphatic heterocycles. The Labute approximate surface area is 173 Å². The highest BCUT2D eigenvalue weighted by atomic mass is 16.7. The third kappa shape index (κ3) is 4.99. The van der Waals surface area contributed by atoms with Gasteiger partial charge in [0, 0.05) is 19.0 Å². The van der Waals surface area contributed by atoms with Crippen LogP contribution in [0.2, 0.25) is 0 Å². The van der Waals surface area contributed by atoms with E-state index in [1.54, 1.807) is 0 Å². The number of unbranched alkanes of at least 4 members (excludes halogenated alkanes) is 1. The highest BCUT2D eigenvalue weighted by Crippen LogP contribution is 2.33. The first-order valence-corrected chi connectivity index (χ1v) is 10.5. The van der Waals surface area contributed by atoms with E-state index in [2.05, 4.69) is 84.6 Å². The minimum absolute atomic E-state index is 0.322. The Kier molecular flexibility index (Phi) is 6.48. The van der Waals surface area contributed by atoms with Crippen molar-refractivity contribution in [2.75, 3.05) is 19.9 Å². The van der Waals surface area contributed by atoms with Gasteiger partial charge in [-0.2, -0.15) is 0 Å². The van der Waals surface area contributed by atoms with Crippen LogP contribution in [0, 0.1) is 0 Å². The van der Waals surface area contributed by atoms with Crippen molar-refractivity contribution < 1.29 is 9.47 Å². The van der Waals surface area contributed by atoms with Gasteiger partial charge in [0.15, 0.2) is 11.5 Å². The van der Waals surface area contributed by atoms with Crippen LogP contribution in [-0.4, -0.2) is 24.8 Å². The fourth-order valence-corrected chi connectivity index (χ4v) is 3.95. The molecule has 0 unspecified atom stereocenters. The number of benzene rings is 3. The summed E-state index contributed by atoms with van der Waals surface area (Å²) in [7, 11) is 0. The molecule has 0 spiro atoms. The molecule has 3 aromatic rings. The topological polar surface area (TPSA) is 21.7 Å². The van der Waals surface area contributed by atoms with E-state index in [0.717, 1.165) is 31.1 Å². The van der Waals surface area contributed by atoms with E-state index in [4.69, 9.17) is 9.47 Å². The molecule has 0 saturated carbocycles. The second-order valence-corrected chi connectivity index (χ2v) is 7.65. The summed E-state index contributed by atoms with van der Waals surface area (Å²) in [5, 5.41) is 0. The lowest BCUT2D eigenvalue weighted by Crippen LogP contribution is -2.30. The Bertz CT molecular complexity index is 856. The summed E-state index contributed by atoms with van der Waals surface area (Å²) in [6.07, 6.45) is 2.39. The van der Waals surface area contributed by atoms with Crippen LogP contribution in [0.25, 0.3) is 0 Å². The van der Waals surface area contributed by atoms with Crippen molar-refractivity contribution in [3.63, 3.8) is 0 Å². The molecule has 1 heterocycles. The van der Waals surface area contributed by atoms with Gasteiger partial charge in [-0.15, -0.1) is 0 Å². The molecule has 29 heavy (non-hydrogen) atoms. The van der Waals surface area contributed by atoms with Crippen LogP contribution in [0.5, 0.6) is 11.5 Å². The number of hydrogen-bond donors (Lipinski definition) is 0. The van der Waals surface area contributed by atoms with Gasteiger partial charge < -0.3 is 9.47 Å². The second kappa shape index (κ2) is 9.62. The van der Waals surface area contributed by atoms with Crippen LogP contribution in [0.1, 0.15) is 42.4 Å². The molecule has 0 amide bonds.